The first-order chi connectivity index (χ1) is 8.41. The van der Waals surface area contributed by atoms with Crippen molar-refractivity contribution in [1.82, 2.24) is 0 Å². The van der Waals surface area contributed by atoms with Crippen molar-refractivity contribution in [1.29, 1.82) is 0 Å². The van der Waals surface area contributed by atoms with E-state index in [-0.39, 0.29) is 10.4 Å². The maximum Gasteiger partial charge on any atom is 0.179 e. The van der Waals surface area contributed by atoms with Crippen molar-refractivity contribution >= 4 is 9.84 Å². The Bertz CT molecular complexity index is 519. The lowest BCUT2D eigenvalue weighted by Crippen LogP contribution is -2.42. The number of nitrogens with two attached hydrogens (primary N) is 1. The molecule has 1 saturated carbocycles. The van der Waals surface area contributed by atoms with E-state index >= 15 is 0 Å². The van der Waals surface area contributed by atoms with Gasteiger partial charge < -0.3 is 10.5 Å². The second-order valence-electron chi connectivity index (χ2n) is 5.08. The first kappa shape index (κ1) is 13.4. The molecule has 0 heterocycles. The number of sulfone groups is 1. The van der Waals surface area contributed by atoms with Crippen LogP contribution in [0, 0.1) is 0 Å². The van der Waals surface area contributed by atoms with E-state index in [1.54, 1.807) is 24.3 Å². The third kappa shape index (κ3) is 3.03. The minimum Gasteiger partial charge on any atom is -0.490 e. The maximum absolute atomic E-state index is 11.6. The number of para-hydroxylation sites is 1. The largest absolute Gasteiger partial charge is 0.490 e. The molecule has 0 spiro atoms. The van der Waals surface area contributed by atoms with Gasteiger partial charge in [0.15, 0.2) is 9.84 Å². The van der Waals surface area contributed by atoms with Gasteiger partial charge in [-0.25, -0.2) is 8.42 Å². The van der Waals surface area contributed by atoms with E-state index in [1.165, 1.54) is 6.26 Å². The summed E-state index contributed by atoms with van der Waals surface area (Å²) < 4.78 is 28.9. The lowest BCUT2D eigenvalue weighted by Gasteiger charge is -2.24. The van der Waals surface area contributed by atoms with Crippen molar-refractivity contribution in [2.24, 2.45) is 5.73 Å². The zero-order valence-electron chi connectivity index (χ0n) is 10.6. The van der Waals surface area contributed by atoms with E-state index in [9.17, 15) is 8.42 Å². The molecule has 0 saturated heterocycles. The second-order valence-corrected chi connectivity index (χ2v) is 7.06. The van der Waals surface area contributed by atoms with E-state index < -0.39 is 9.84 Å². The topological polar surface area (TPSA) is 69.4 Å². The average Bonchev–Trinajstić information content (AvgIpc) is 2.73. The number of ether oxygens (including phenoxy) is 1. The third-order valence-electron chi connectivity index (χ3n) is 3.36. The number of rotatable bonds is 4. The predicted molar refractivity (Wildman–Crippen MR) is 70.4 cm³/mol. The van der Waals surface area contributed by atoms with E-state index in [0.717, 1.165) is 25.7 Å². The molecule has 1 aromatic carbocycles. The molecule has 0 aliphatic heterocycles. The Kier molecular flexibility index (Phi) is 3.64. The van der Waals surface area contributed by atoms with Gasteiger partial charge in [0.2, 0.25) is 0 Å². The van der Waals surface area contributed by atoms with Crippen molar-refractivity contribution in [3.05, 3.63) is 24.3 Å². The molecule has 2 N–H and O–H groups in total. The molecule has 5 heteroatoms. The number of benzene rings is 1. The van der Waals surface area contributed by atoms with Crippen LogP contribution in [0.15, 0.2) is 29.2 Å². The van der Waals surface area contributed by atoms with Crippen LogP contribution in [0.1, 0.15) is 25.7 Å². The molecule has 0 aromatic heterocycles. The Labute approximate surface area is 108 Å². The van der Waals surface area contributed by atoms with Crippen LogP contribution in [0.5, 0.6) is 5.75 Å². The molecule has 0 unspecified atom stereocenters. The van der Waals surface area contributed by atoms with Crippen LogP contribution in [0.4, 0.5) is 0 Å². The van der Waals surface area contributed by atoms with Crippen LogP contribution in [0.2, 0.25) is 0 Å². The van der Waals surface area contributed by atoms with E-state index in [2.05, 4.69) is 0 Å². The third-order valence-corrected chi connectivity index (χ3v) is 4.50. The molecule has 0 amide bonds. The highest BCUT2D eigenvalue weighted by molar-refractivity contribution is 7.90. The Morgan fingerprint density at radius 2 is 1.89 bits per heavy atom. The molecule has 0 radical (unpaired) electrons. The molecule has 100 valence electrons. The summed E-state index contributed by atoms with van der Waals surface area (Å²) in [6, 6.07) is 6.69. The Balaban J connectivity index is 2.15. The SMILES string of the molecule is CS(=O)(=O)c1ccccc1OCC1(N)CCCC1. The molecule has 1 aromatic rings. The minimum atomic E-state index is -3.26. The summed E-state index contributed by atoms with van der Waals surface area (Å²) in [4.78, 5) is 0.228. The lowest BCUT2D eigenvalue weighted by atomic mass is 10.0. The molecule has 0 atom stereocenters. The van der Waals surface area contributed by atoms with E-state index in [4.69, 9.17) is 10.5 Å². The molecule has 1 aliphatic rings. The minimum absolute atomic E-state index is 0.228. The number of hydrogen-bond donors (Lipinski definition) is 1. The molecule has 4 nitrogen and oxygen atoms in total. The highest BCUT2D eigenvalue weighted by Gasteiger charge is 2.30. The summed E-state index contributed by atoms with van der Waals surface area (Å²) in [6.07, 6.45) is 5.30. The lowest BCUT2D eigenvalue weighted by molar-refractivity contribution is 0.216. The van der Waals surface area contributed by atoms with Crippen molar-refractivity contribution in [3.63, 3.8) is 0 Å². The van der Waals surface area contributed by atoms with Gasteiger partial charge in [-0.05, 0) is 25.0 Å². The molecule has 0 bridgehead atoms. The van der Waals surface area contributed by atoms with Crippen LogP contribution >= 0.6 is 0 Å². The van der Waals surface area contributed by atoms with Gasteiger partial charge in [0.1, 0.15) is 17.3 Å². The summed E-state index contributed by atoms with van der Waals surface area (Å²) in [6.45, 7) is 0.375. The van der Waals surface area contributed by atoms with Crippen molar-refractivity contribution in [3.8, 4) is 5.75 Å². The highest BCUT2D eigenvalue weighted by Crippen LogP contribution is 2.29. The van der Waals surface area contributed by atoms with Gasteiger partial charge in [0.25, 0.3) is 0 Å². The first-order valence-corrected chi connectivity index (χ1v) is 8.01. The van der Waals surface area contributed by atoms with Gasteiger partial charge in [-0.2, -0.15) is 0 Å². The fourth-order valence-corrected chi connectivity index (χ4v) is 3.14. The summed E-state index contributed by atoms with van der Waals surface area (Å²) >= 11 is 0. The second kappa shape index (κ2) is 4.90. The summed E-state index contributed by atoms with van der Waals surface area (Å²) in [5.74, 6) is 0.400. The van der Waals surface area contributed by atoms with Gasteiger partial charge >= 0.3 is 0 Å². The Morgan fingerprint density at radius 1 is 1.28 bits per heavy atom. The number of hydrogen-bond acceptors (Lipinski definition) is 4. The normalized spacial score (nSPS) is 18.8. The fraction of sp³-hybridized carbons (Fsp3) is 0.538. The standard InChI is InChI=1S/C13H19NO3S/c1-18(15,16)12-7-3-2-6-11(12)17-10-13(14)8-4-5-9-13/h2-3,6-7H,4-5,8-10,14H2,1H3. The predicted octanol–water partition coefficient (Wildman–Crippen LogP) is 1.74. The van der Waals surface area contributed by atoms with E-state index in [1.807, 2.05) is 0 Å². The average molecular weight is 269 g/mol. The van der Waals surface area contributed by atoms with Crippen molar-refractivity contribution in [2.45, 2.75) is 36.1 Å². The summed E-state index contributed by atoms with van der Waals surface area (Å²) in [5.41, 5.74) is 5.89. The van der Waals surface area contributed by atoms with Gasteiger partial charge in [0.05, 0.1) is 5.54 Å². The Hall–Kier alpha value is -1.07. The zero-order chi connectivity index (χ0) is 13.2. The molecule has 1 fully saturated rings. The fourth-order valence-electron chi connectivity index (χ4n) is 2.32. The summed E-state index contributed by atoms with van der Waals surface area (Å²) in [5, 5.41) is 0. The quantitative estimate of drug-likeness (QED) is 0.904. The van der Waals surface area contributed by atoms with Crippen molar-refractivity contribution in [2.75, 3.05) is 12.9 Å². The van der Waals surface area contributed by atoms with Crippen LogP contribution in [0.25, 0.3) is 0 Å². The molecular formula is C13H19NO3S. The van der Waals surface area contributed by atoms with Crippen molar-refractivity contribution < 1.29 is 13.2 Å². The van der Waals surface area contributed by atoms with Gasteiger partial charge in [-0.15, -0.1) is 0 Å². The van der Waals surface area contributed by atoms with Crippen LogP contribution in [-0.2, 0) is 9.84 Å². The first-order valence-electron chi connectivity index (χ1n) is 6.12. The monoisotopic (exact) mass is 269 g/mol. The zero-order valence-corrected chi connectivity index (χ0v) is 11.4. The molecule has 18 heavy (non-hydrogen) atoms. The highest BCUT2D eigenvalue weighted by atomic mass is 32.2. The molecule has 1 aliphatic carbocycles. The maximum atomic E-state index is 11.6. The Morgan fingerprint density at radius 3 is 2.50 bits per heavy atom. The summed E-state index contributed by atoms with van der Waals surface area (Å²) in [7, 11) is -3.26. The van der Waals surface area contributed by atoms with Gasteiger partial charge in [-0.1, -0.05) is 25.0 Å². The van der Waals surface area contributed by atoms with Crippen LogP contribution < -0.4 is 10.5 Å². The molecule has 2 rings (SSSR count). The van der Waals surface area contributed by atoms with Crippen LogP contribution in [-0.4, -0.2) is 26.8 Å². The van der Waals surface area contributed by atoms with E-state index in [0.29, 0.717) is 12.4 Å². The van der Waals surface area contributed by atoms with Crippen LogP contribution in [0.3, 0.4) is 0 Å². The van der Waals surface area contributed by atoms with Gasteiger partial charge in [-0.3, -0.25) is 0 Å². The van der Waals surface area contributed by atoms with Gasteiger partial charge in [0, 0.05) is 6.26 Å². The molecular weight excluding hydrogens is 250 g/mol. The smallest absolute Gasteiger partial charge is 0.179 e.